The SMILES string of the molecule is COc1ccc(-c2c(C#N)c(N)n([C@@H]3O[C@@H](COC(C)=O)[C@@H](OC(C)=O)[C@H](OC(C)=O)[C@@H]3OC(C)=O)c(=S)c2C#N)cc1. The molecule has 0 aliphatic carbocycles. The number of benzene rings is 1. The molecular formula is C28H28N4O10S. The lowest BCUT2D eigenvalue weighted by molar-refractivity contribution is -0.268. The van der Waals surface area contributed by atoms with Crippen molar-refractivity contribution < 1.29 is 47.6 Å². The predicted octanol–water partition coefficient (Wildman–Crippen LogP) is 2.47. The Morgan fingerprint density at radius 1 is 0.884 bits per heavy atom. The second-order valence-corrected chi connectivity index (χ2v) is 9.61. The molecule has 1 aliphatic rings. The number of esters is 4. The number of carbonyl (C=O) groups is 4. The maximum atomic E-state index is 12.3. The van der Waals surface area contributed by atoms with Gasteiger partial charge in [-0.05, 0) is 17.7 Å². The Balaban J connectivity index is 2.35. The summed E-state index contributed by atoms with van der Waals surface area (Å²) < 4.78 is 33.7. The molecule has 226 valence electrons. The van der Waals surface area contributed by atoms with Crippen molar-refractivity contribution >= 4 is 41.9 Å². The van der Waals surface area contributed by atoms with Gasteiger partial charge in [0.15, 0.2) is 24.5 Å². The minimum atomic E-state index is -1.57. The van der Waals surface area contributed by atoms with E-state index in [0.29, 0.717) is 11.3 Å². The molecule has 2 aromatic rings. The van der Waals surface area contributed by atoms with Crippen LogP contribution in [0.4, 0.5) is 5.82 Å². The number of nitrogens with zero attached hydrogens (tertiary/aromatic N) is 3. The van der Waals surface area contributed by atoms with Crippen LogP contribution >= 0.6 is 12.2 Å². The maximum absolute atomic E-state index is 12.3. The smallest absolute Gasteiger partial charge is 0.303 e. The first-order valence-electron chi connectivity index (χ1n) is 12.7. The van der Waals surface area contributed by atoms with Crippen LogP contribution in [0.1, 0.15) is 45.0 Å². The number of carbonyl (C=O) groups excluding carboxylic acids is 4. The highest BCUT2D eigenvalue weighted by Gasteiger charge is 2.53. The highest BCUT2D eigenvalue weighted by molar-refractivity contribution is 7.71. The fourth-order valence-corrected chi connectivity index (χ4v) is 4.99. The first-order chi connectivity index (χ1) is 20.3. The fraction of sp³-hybridized carbons (Fsp3) is 0.393. The summed E-state index contributed by atoms with van der Waals surface area (Å²) >= 11 is 5.67. The van der Waals surface area contributed by atoms with Crippen molar-refractivity contribution in [3.8, 4) is 29.0 Å². The van der Waals surface area contributed by atoms with Crippen molar-refractivity contribution in [1.82, 2.24) is 4.57 Å². The lowest BCUT2D eigenvalue weighted by Crippen LogP contribution is -2.60. The first kappa shape index (κ1) is 32.5. The summed E-state index contributed by atoms with van der Waals surface area (Å²) in [4.78, 5) is 48.2. The van der Waals surface area contributed by atoms with Gasteiger partial charge in [-0.2, -0.15) is 10.5 Å². The van der Waals surface area contributed by atoms with E-state index >= 15 is 0 Å². The van der Waals surface area contributed by atoms with Gasteiger partial charge in [0.05, 0.1) is 12.7 Å². The van der Waals surface area contributed by atoms with Crippen LogP contribution in [0.2, 0.25) is 0 Å². The van der Waals surface area contributed by atoms with Gasteiger partial charge in [0, 0.05) is 33.3 Å². The lowest BCUT2D eigenvalue weighted by Gasteiger charge is -2.45. The third-order valence-corrected chi connectivity index (χ3v) is 6.67. The molecule has 2 N–H and O–H groups in total. The molecule has 0 spiro atoms. The molecule has 14 nitrogen and oxygen atoms in total. The van der Waals surface area contributed by atoms with Crippen molar-refractivity contribution in [3.05, 3.63) is 40.0 Å². The minimum absolute atomic E-state index is 0.136. The van der Waals surface area contributed by atoms with Gasteiger partial charge in [-0.15, -0.1) is 0 Å². The van der Waals surface area contributed by atoms with E-state index in [2.05, 4.69) is 0 Å². The predicted molar refractivity (Wildman–Crippen MR) is 148 cm³/mol. The number of hydrogen-bond acceptors (Lipinski definition) is 14. The summed E-state index contributed by atoms with van der Waals surface area (Å²) in [6.07, 6.45) is -7.40. The molecular weight excluding hydrogens is 584 g/mol. The summed E-state index contributed by atoms with van der Waals surface area (Å²) in [5.74, 6) is -2.96. The second-order valence-electron chi connectivity index (χ2n) is 9.23. The topological polar surface area (TPSA) is 202 Å². The Hall–Kier alpha value is -4.99. The zero-order valence-electron chi connectivity index (χ0n) is 23.8. The summed E-state index contributed by atoms with van der Waals surface area (Å²) in [5.41, 5.74) is 6.77. The van der Waals surface area contributed by atoms with Gasteiger partial charge in [-0.1, -0.05) is 24.4 Å². The van der Waals surface area contributed by atoms with E-state index in [1.165, 1.54) is 7.11 Å². The number of anilines is 1. The Kier molecular flexibility index (Phi) is 10.4. The van der Waals surface area contributed by atoms with Crippen LogP contribution in [0.25, 0.3) is 11.1 Å². The van der Waals surface area contributed by atoms with Gasteiger partial charge in [-0.25, -0.2) is 0 Å². The summed E-state index contributed by atoms with van der Waals surface area (Å²) in [6.45, 7) is 3.88. The van der Waals surface area contributed by atoms with Crippen molar-refractivity contribution in [2.24, 2.45) is 0 Å². The molecule has 3 rings (SSSR count). The molecule has 1 fully saturated rings. The largest absolute Gasteiger partial charge is 0.497 e. The Morgan fingerprint density at radius 3 is 1.91 bits per heavy atom. The molecule has 0 saturated carbocycles. The Labute approximate surface area is 251 Å². The van der Waals surface area contributed by atoms with Crippen LogP contribution in [0.5, 0.6) is 5.75 Å². The Bertz CT molecular complexity index is 1570. The second kappa shape index (κ2) is 13.8. The van der Waals surface area contributed by atoms with Gasteiger partial charge >= 0.3 is 23.9 Å². The molecule has 2 heterocycles. The van der Waals surface area contributed by atoms with Crippen LogP contribution in [0, 0.1) is 27.3 Å². The van der Waals surface area contributed by atoms with Crippen LogP contribution in [0.15, 0.2) is 24.3 Å². The van der Waals surface area contributed by atoms with Crippen LogP contribution in [-0.4, -0.2) is 66.6 Å². The molecule has 0 bridgehead atoms. The highest BCUT2D eigenvalue weighted by atomic mass is 32.1. The van der Waals surface area contributed by atoms with Crippen LogP contribution in [-0.2, 0) is 42.9 Å². The summed E-state index contributed by atoms with van der Waals surface area (Å²) in [7, 11) is 1.48. The van der Waals surface area contributed by atoms with Crippen molar-refractivity contribution in [2.45, 2.75) is 58.3 Å². The number of methoxy groups -OCH3 is 1. The summed E-state index contributed by atoms with van der Waals surface area (Å²) in [6, 6.07) is 10.5. The molecule has 15 heteroatoms. The van der Waals surface area contributed by atoms with E-state index in [-0.39, 0.29) is 27.1 Å². The van der Waals surface area contributed by atoms with E-state index in [1.54, 1.807) is 24.3 Å². The Morgan fingerprint density at radius 2 is 1.42 bits per heavy atom. The average Bonchev–Trinajstić information content (AvgIpc) is 2.94. The van der Waals surface area contributed by atoms with E-state index in [4.69, 9.17) is 46.4 Å². The van der Waals surface area contributed by atoms with E-state index in [9.17, 15) is 29.7 Å². The van der Waals surface area contributed by atoms with Crippen molar-refractivity contribution in [1.29, 1.82) is 10.5 Å². The van der Waals surface area contributed by atoms with Crippen LogP contribution < -0.4 is 10.5 Å². The van der Waals surface area contributed by atoms with Crippen LogP contribution in [0.3, 0.4) is 0 Å². The molecule has 1 saturated heterocycles. The molecule has 5 atom stereocenters. The zero-order chi connectivity index (χ0) is 32.0. The first-order valence-corrected chi connectivity index (χ1v) is 13.1. The maximum Gasteiger partial charge on any atom is 0.303 e. The summed E-state index contributed by atoms with van der Waals surface area (Å²) in [5, 5.41) is 20.4. The number of aromatic nitrogens is 1. The number of ether oxygens (including phenoxy) is 6. The number of nitriles is 2. The third-order valence-electron chi connectivity index (χ3n) is 6.27. The minimum Gasteiger partial charge on any atom is -0.497 e. The molecule has 0 amide bonds. The van der Waals surface area contributed by atoms with E-state index in [1.807, 2.05) is 12.1 Å². The van der Waals surface area contributed by atoms with Gasteiger partial charge in [0.25, 0.3) is 0 Å². The number of rotatable bonds is 8. The number of nitrogen functional groups attached to an aromatic ring is 1. The number of nitrogens with two attached hydrogens (primary N) is 1. The monoisotopic (exact) mass is 612 g/mol. The fourth-order valence-electron chi connectivity index (χ4n) is 4.64. The van der Waals surface area contributed by atoms with E-state index < -0.39 is 61.1 Å². The molecule has 1 aromatic heterocycles. The molecule has 1 aromatic carbocycles. The van der Waals surface area contributed by atoms with Gasteiger partial charge in [-0.3, -0.25) is 23.7 Å². The van der Waals surface area contributed by atoms with E-state index in [0.717, 1.165) is 32.3 Å². The zero-order valence-corrected chi connectivity index (χ0v) is 24.6. The third kappa shape index (κ3) is 7.09. The molecule has 43 heavy (non-hydrogen) atoms. The lowest BCUT2D eigenvalue weighted by atomic mass is 9.94. The standard InChI is InChI=1S/C28H28N4O10S/c1-13(33)38-12-21-23(39-14(2)34)24(40-15(3)35)25(41-16(4)36)27(42-21)32-26(31)19(10-29)22(20(11-30)28(32)43)17-6-8-18(37-5)9-7-17/h6-9,21,23-25,27H,12,31H2,1-5H3/t21-,23+,24-,25-,27+/m0/s1. The van der Waals surface area contributed by atoms with Gasteiger partial charge in [0.1, 0.15) is 46.6 Å². The van der Waals surface area contributed by atoms with Gasteiger partial charge < -0.3 is 34.2 Å². The van der Waals surface area contributed by atoms with Gasteiger partial charge in [0.2, 0.25) is 0 Å². The van der Waals surface area contributed by atoms with Crippen molar-refractivity contribution in [2.75, 3.05) is 19.5 Å². The quantitative estimate of drug-likeness (QED) is 0.259. The van der Waals surface area contributed by atoms with Crippen molar-refractivity contribution in [3.63, 3.8) is 0 Å². The average molecular weight is 613 g/mol. The molecule has 0 radical (unpaired) electrons. The number of pyridine rings is 1. The number of hydrogen-bond donors (Lipinski definition) is 1. The molecule has 1 aliphatic heterocycles. The highest BCUT2D eigenvalue weighted by Crippen LogP contribution is 2.40. The normalized spacial score (nSPS) is 21.0. The molecule has 0 unspecified atom stereocenters.